The van der Waals surface area contributed by atoms with Crippen LogP contribution in [0.5, 0.6) is 0 Å². The third kappa shape index (κ3) is 3.64. The van der Waals surface area contributed by atoms with E-state index in [1.165, 1.54) is 16.9 Å². The van der Waals surface area contributed by atoms with Gasteiger partial charge in [0.25, 0.3) is 5.91 Å². The summed E-state index contributed by atoms with van der Waals surface area (Å²) in [6, 6.07) is 10.2. The Bertz CT molecular complexity index is 729. The summed E-state index contributed by atoms with van der Waals surface area (Å²) < 4.78 is 0. The standard InChI is InChI=1S/C18H21N3O2S/c1-12-7-8-14(17(19)22)10-21(12)18(23)15-11-24-16(20-15)9-13-5-3-2-4-6-13/h2-6,11-12,14H,7-10H2,1H3,(H2,19,22)/t12-,14-/m1/s1. The number of primary amides is 1. The van der Waals surface area contributed by atoms with Crippen LogP contribution in [0.1, 0.15) is 40.8 Å². The number of amides is 2. The fourth-order valence-corrected chi connectivity index (χ4v) is 3.83. The van der Waals surface area contributed by atoms with Crippen molar-refractivity contribution in [3.63, 3.8) is 0 Å². The third-order valence-corrected chi connectivity index (χ3v) is 5.36. The Labute approximate surface area is 145 Å². The topological polar surface area (TPSA) is 76.3 Å². The average molecular weight is 343 g/mol. The number of carbonyl (C=O) groups excluding carboxylic acids is 2. The van der Waals surface area contributed by atoms with Crippen LogP contribution in [-0.4, -0.2) is 34.3 Å². The normalized spacial score (nSPS) is 20.8. The van der Waals surface area contributed by atoms with E-state index in [4.69, 9.17) is 5.73 Å². The van der Waals surface area contributed by atoms with Crippen LogP contribution in [-0.2, 0) is 11.2 Å². The Morgan fingerprint density at radius 2 is 2.04 bits per heavy atom. The number of aromatic nitrogens is 1. The van der Waals surface area contributed by atoms with Gasteiger partial charge in [-0.1, -0.05) is 30.3 Å². The van der Waals surface area contributed by atoms with Crippen LogP contribution in [0.25, 0.3) is 0 Å². The van der Waals surface area contributed by atoms with Gasteiger partial charge in [-0.15, -0.1) is 11.3 Å². The number of thiazole rings is 1. The van der Waals surface area contributed by atoms with E-state index in [1.807, 2.05) is 37.3 Å². The molecule has 2 aromatic rings. The molecule has 2 amide bonds. The SMILES string of the molecule is C[C@@H]1CC[C@@H](C(N)=O)CN1C(=O)c1csc(Cc2ccccc2)n1. The van der Waals surface area contributed by atoms with E-state index in [0.717, 1.165) is 24.3 Å². The third-order valence-electron chi connectivity index (χ3n) is 4.51. The number of hydrogen-bond acceptors (Lipinski definition) is 4. The van der Waals surface area contributed by atoms with Crippen molar-refractivity contribution < 1.29 is 9.59 Å². The molecule has 0 spiro atoms. The molecule has 1 aromatic heterocycles. The highest BCUT2D eigenvalue weighted by Crippen LogP contribution is 2.24. The van der Waals surface area contributed by atoms with E-state index in [2.05, 4.69) is 4.98 Å². The summed E-state index contributed by atoms with van der Waals surface area (Å²) in [5.74, 6) is -0.695. The molecule has 2 heterocycles. The van der Waals surface area contributed by atoms with Gasteiger partial charge in [0.1, 0.15) is 5.69 Å². The molecule has 24 heavy (non-hydrogen) atoms. The molecule has 2 N–H and O–H groups in total. The first-order valence-corrected chi connectivity index (χ1v) is 9.01. The Balaban J connectivity index is 1.72. The summed E-state index contributed by atoms with van der Waals surface area (Å²) in [6.07, 6.45) is 2.26. The predicted molar refractivity (Wildman–Crippen MR) is 93.8 cm³/mol. The predicted octanol–water partition coefficient (Wildman–Crippen LogP) is 2.46. The van der Waals surface area contributed by atoms with Gasteiger partial charge in [-0.2, -0.15) is 0 Å². The van der Waals surface area contributed by atoms with Gasteiger partial charge in [0.15, 0.2) is 0 Å². The minimum atomic E-state index is -0.331. The van der Waals surface area contributed by atoms with Crippen LogP contribution in [0, 0.1) is 5.92 Å². The fraction of sp³-hybridized carbons (Fsp3) is 0.389. The first kappa shape index (κ1) is 16.6. The van der Waals surface area contributed by atoms with Crippen molar-refractivity contribution in [2.45, 2.75) is 32.2 Å². The maximum Gasteiger partial charge on any atom is 0.273 e. The molecule has 1 fully saturated rings. The molecule has 0 unspecified atom stereocenters. The zero-order valence-electron chi connectivity index (χ0n) is 13.6. The van der Waals surface area contributed by atoms with Gasteiger partial charge in [-0.05, 0) is 25.3 Å². The summed E-state index contributed by atoms with van der Waals surface area (Å²) in [5, 5.41) is 2.72. The number of likely N-dealkylation sites (tertiary alicyclic amines) is 1. The van der Waals surface area contributed by atoms with Gasteiger partial charge >= 0.3 is 0 Å². The Morgan fingerprint density at radius 1 is 1.29 bits per heavy atom. The summed E-state index contributed by atoms with van der Waals surface area (Å²) >= 11 is 1.49. The zero-order chi connectivity index (χ0) is 17.1. The molecular weight excluding hydrogens is 322 g/mol. The van der Waals surface area contributed by atoms with Gasteiger partial charge in [0.05, 0.1) is 10.9 Å². The van der Waals surface area contributed by atoms with Crippen LogP contribution >= 0.6 is 11.3 Å². The number of nitrogens with two attached hydrogens (primary N) is 1. The second kappa shape index (κ2) is 7.13. The van der Waals surface area contributed by atoms with Crippen molar-refractivity contribution in [1.82, 2.24) is 9.88 Å². The van der Waals surface area contributed by atoms with Crippen LogP contribution in [0.3, 0.4) is 0 Å². The molecule has 1 aromatic carbocycles. The molecule has 1 aliphatic heterocycles. The number of nitrogens with zero attached hydrogens (tertiary/aromatic N) is 2. The van der Waals surface area contributed by atoms with Gasteiger partial charge in [-0.25, -0.2) is 4.98 Å². The summed E-state index contributed by atoms with van der Waals surface area (Å²) in [7, 11) is 0. The molecule has 3 rings (SSSR count). The second-order valence-electron chi connectivity index (χ2n) is 6.27. The van der Waals surface area contributed by atoms with Crippen LogP contribution in [0.2, 0.25) is 0 Å². The average Bonchev–Trinajstić information content (AvgIpc) is 3.04. The molecule has 2 atom stereocenters. The lowest BCUT2D eigenvalue weighted by molar-refractivity contribution is -0.123. The smallest absolute Gasteiger partial charge is 0.273 e. The van der Waals surface area contributed by atoms with Crippen molar-refractivity contribution in [2.24, 2.45) is 11.7 Å². The Morgan fingerprint density at radius 3 is 2.75 bits per heavy atom. The van der Waals surface area contributed by atoms with E-state index < -0.39 is 0 Å². The highest BCUT2D eigenvalue weighted by Gasteiger charge is 2.32. The highest BCUT2D eigenvalue weighted by molar-refractivity contribution is 7.09. The number of hydrogen-bond donors (Lipinski definition) is 1. The Kier molecular flexibility index (Phi) is 4.94. The molecular formula is C18H21N3O2S. The lowest BCUT2D eigenvalue weighted by Crippen LogP contribution is -2.48. The van der Waals surface area contributed by atoms with Crippen molar-refractivity contribution >= 4 is 23.2 Å². The minimum Gasteiger partial charge on any atom is -0.369 e. The lowest BCUT2D eigenvalue weighted by atomic mass is 9.93. The van der Waals surface area contributed by atoms with Gasteiger partial charge < -0.3 is 10.6 Å². The molecule has 0 saturated carbocycles. The monoisotopic (exact) mass is 343 g/mol. The molecule has 5 nitrogen and oxygen atoms in total. The summed E-state index contributed by atoms with van der Waals surface area (Å²) in [4.78, 5) is 30.4. The van der Waals surface area contributed by atoms with E-state index in [9.17, 15) is 9.59 Å². The molecule has 6 heteroatoms. The van der Waals surface area contributed by atoms with Crippen LogP contribution < -0.4 is 5.73 Å². The van der Waals surface area contributed by atoms with Crippen molar-refractivity contribution in [1.29, 1.82) is 0 Å². The highest BCUT2D eigenvalue weighted by atomic mass is 32.1. The minimum absolute atomic E-state index is 0.104. The second-order valence-corrected chi connectivity index (χ2v) is 7.21. The van der Waals surface area contributed by atoms with E-state index in [0.29, 0.717) is 12.2 Å². The van der Waals surface area contributed by atoms with Crippen molar-refractivity contribution in [2.75, 3.05) is 6.54 Å². The molecule has 1 saturated heterocycles. The van der Waals surface area contributed by atoms with Crippen LogP contribution in [0.4, 0.5) is 0 Å². The number of rotatable bonds is 4. The van der Waals surface area contributed by atoms with Gasteiger partial charge in [0.2, 0.25) is 5.91 Å². The molecule has 0 bridgehead atoms. The number of piperidine rings is 1. The molecule has 126 valence electrons. The molecule has 0 aliphatic carbocycles. The lowest BCUT2D eigenvalue weighted by Gasteiger charge is -2.36. The maximum atomic E-state index is 12.8. The molecule has 0 radical (unpaired) electrons. The van der Waals surface area contributed by atoms with Crippen molar-refractivity contribution in [3.8, 4) is 0 Å². The zero-order valence-corrected chi connectivity index (χ0v) is 14.5. The van der Waals surface area contributed by atoms with Crippen LogP contribution in [0.15, 0.2) is 35.7 Å². The van der Waals surface area contributed by atoms with Gasteiger partial charge in [-0.3, -0.25) is 9.59 Å². The van der Waals surface area contributed by atoms with E-state index in [-0.39, 0.29) is 23.8 Å². The first-order valence-electron chi connectivity index (χ1n) is 8.13. The Hall–Kier alpha value is -2.21. The fourth-order valence-electron chi connectivity index (χ4n) is 3.03. The maximum absolute atomic E-state index is 12.8. The quantitative estimate of drug-likeness (QED) is 0.926. The van der Waals surface area contributed by atoms with E-state index in [1.54, 1.807) is 10.3 Å². The van der Waals surface area contributed by atoms with E-state index >= 15 is 0 Å². The summed E-state index contributed by atoms with van der Waals surface area (Å²) in [6.45, 7) is 2.40. The number of benzene rings is 1. The van der Waals surface area contributed by atoms with Crippen molar-refractivity contribution in [3.05, 3.63) is 52.0 Å². The number of carbonyl (C=O) groups is 2. The van der Waals surface area contributed by atoms with Gasteiger partial charge in [0, 0.05) is 24.4 Å². The largest absolute Gasteiger partial charge is 0.369 e. The molecule has 1 aliphatic rings. The first-order chi connectivity index (χ1) is 11.5. The summed E-state index contributed by atoms with van der Waals surface area (Å²) in [5.41, 5.74) is 7.05.